The van der Waals surface area contributed by atoms with Gasteiger partial charge in [-0.1, -0.05) is 25.0 Å². The molecule has 1 aromatic carbocycles. The fraction of sp³-hybridized carbons (Fsp3) is 0.667. The zero-order valence-corrected chi connectivity index (χ0v) is 14.2. The first-order chi connectivity index (χ1) is 10.3. The molecule has 0 spiro atoms. The van der Waals surface area contributed by atoms with E-state index in [-0.39, 0.29) is 12.4 Å². The molecule has 3 nitrogen and oxygen atoms in total. The second kappa shape index (κ2) is 8.76. The lowest BCUT2D eigenvalue weighted by Gasteiger charge is -2.32. The molecule has 0 radical (unpaired) electrons. The van der Waals surface area contributed by atoms with E-state index in [0.717, 1.165) is 37.8 Å². The Labute approximate surface area is 140 Å². The Morgan fingerprint density at radius 3 is 2.50 bits per heavy atom. The first-order valence-corrected chi connectivity index (χ1v) is 8.48. The molecule has 0 unspecified atom stereocenters. The maximum absolute atomic E-state index is 6.14. The molecule has 0 aromatic heterocycles. The van der Waals surface area contributed by atoms with Crippen LogP contribution in [-0.4, -0.2) is 30.7 Å². The van der Waals surface area contributed by atoms with E-state index in [1.165, 1.54) is 44.1 Å². The fourth-order valence-electron chi connectivity index (χ4n) is 3.63. The van der Waals surface area contributed by atoms with Crippen LogP contribution in [0, 0.1) is 5.92 Å². The normalized spacial score (nSPS) is 20.9. The van der Waals surface area contributed by atoms with Crippen LogP contribution in [0.2, 0.25) is 0 Å². The smallest absolute Gasteiger partial charge is 0.0599 e. The van der Waals surface area contributed by atoms with Crippen LogP contribution in [0.3, 0.4) is 0 Å². The van der Waals surface area contributed by atoms with Crippen molar-refractivity contribution in [1.82, 2.24) is 4.90 Å². The quantitative estimate of drug-likeness (QED) is 0.836. The standard InChI is InChI=1S/C18H28N2O.ClH/c19-17-7-3-6-16(12-17)13-20-10-8-18(9-11-20)21-14-15-4-1-2-5-15;/h3,6-7,12,15,18H,1-2,4-5,8-11,13-14,19H2;1H. The van der Waals surface area contributed by atoms with Gasteiger partial charge in [0, 0.05) is 31.9 Å². The predicted molar refractivity (Wildman–Crippen MR) is 94.3 cm³/mol. The largest absolute Gasteiger partial charge is 0.399 e. The van der Waals surface area contributed by atoms with Crippen molar-refractivity contribution in [2.45, 2.75) is 51.2 Å². The predicted octanol–water partition coefficient (Wildman–Crippen LogP) is 3.86. The summed E-state index contributed by atoms with van der Waals surface area (Å²) in [7, 11) is 0. The highest BCUT2D eigenvalue weighted by molar-refractivity contribution is 5.85. The Hall–Kier alpha value is -0.770. The van der Waals surface area contributed by atoms with E-state index < -0.39 is 0 Å². The van der Waals surface area contributed by atoms with Gasteiger partial charge in [-0.15, -0.1) is 12.4 Å². The average molecular weight is 325 g/mol. The minimum Gasteiger partial charge on any atom is -0.399 e. The summed E-state index contributed by atoms with van der Waals surface area (Å²) in [5.41, 5.74) is 8.03. The summed E-state index contributed by atoms with van der Waals surface area (Å²) in [5.74, 6) is 0.843. The second-order valence-corrected chi connectivity index (χ2v) is 6.70. The zero-order valence-electron chi connectivity index (χ0n) is 13.4. The summed E-state index contributed by atoms with van der Waals surface area (Å²) >= 11 is 0. The highest BCUT2D eigenvalue weighted by Crippen LogP contribution is 2.26. The van der Waals surface area contributed by atoms with E-state index in [9.17, 15) is 0 Å². The first-order valence-electron chi connectivity index (χ1n) is 8.48. The minimum atomic E-state index is 0. The van der Waals surface area contributed by atoms with Crippen molar-refractivity contribution >= 4 is 18.1 Å². The zero-order chi connectivity index (χ0) is 14.5. The highest BCUT2D eigenvalue weighted by Gasteiger charge is 2.22. The molecule has 2 fully saturated rings. The Morgan fingerprint density at radius 1 is 1.09 bits per heavy atom. The topological polar surface area (TPSA) is 38.5 Å². The third-order valence-electron chi connectivity index (χ3n) is 4.93. The van der Waals surface area contributed by atoms with Gasteiger partial charge in [0.05, 0.1) is 6.10 Å². The number of nitrogens with zero attached hydrogens (tertiary/aromatic N) is 1. The summed E-state index contributed by atoms with van der Waals surface area (Å²) in [5, 5.41) is 0. The number of nitrogens with two attached hydrogens (primary N) is 1. The van der Waals surface area contributed by atoms with Crippen molar-refractivity contribution in [2.75, 3.05) is 25.4 Å². The van der Waals surface area contributed by atoms with E-state index >= 15 is 0 Å². The van der Waals surface area contributed by atoms with Gasteiger partial charge in [0.25, 0.3) is 0 Å². The van der Waals surface area contributed by atoms with Crippen molar-refractivity contribution in [3.05, 3.63) is 29.8 Å². The Morgan fingerprint density at radius 2 is 1.82 bits per heavy atom. The molecule has 124 valence electrons. The van der Waals surface area contributed by atoms with Crippen LogP contribution in [0.5, 0.6) is 0 Å². The molecule has 22 heavy (non-hydrogen) atoms. The molecule has 2 aliphatic rings. The number of rotatable bonds is 5. The molecular formula is C18H29ClN2O. The number of benzene rings is 1. The van der Waals surface area contributed by atoms with Gasteiger partial charge in [0.2, 0.25) is 0 Å². The molecule has 1 aliphatic carbocycles. The average Bonchev–Trinajstić information content (AvgIpc) is 3.00. The van der Waals surface area contributed by atoms with Gasteiger partial charge in [0.15, 0.2) is 0 Å². The Balaban J connectivity index is 0.00000176. The molecule has 0 bridgehead atoms. The second-order valence-electron chi connectivity index (χ2n) is 6.70. The summed E-state index contributed by atoms with van der Waals surface area (Å²) < 4.78 is 6.14. The molecule has 1 heterocycles. The van der Waals surface area contributed by atoms with Crippen LogP contribution in [0.1, 0.15) is 44.1 Å². The lowest BCUT2D eigenvalue weighted by molar-refractivity contribution is -0.00961. The van der Waals surface area contributed by atoms with Gasteiger partial charge in [-0.3, -0.25) is 4.90 Å². The Bertz CT molecular complexity index is 440. The lowest BCUT2D eigenvalue weighted by atomic mass is 10.1. The van der Waals surface area contributed by atoms with Gasteiger partial charge < -0.3 is 10.5 Å². The molecular weight excluding hydrogens is 296 g/mol. The van der Waals surface area contributed by atoms with Crippen LogP contribution < -0.4 is 5.73 Å². The number of hydrogen-bond acceptors (Lipinski definition) is 3. The molecule has 1 saturated carbocycles. The van der Waals surface area contributed by atoms with Crippen molar-refractivity contribution in [1.29, 1.82) is 0 Å². The van der Waals surface area contributed by atoms with Crippen LogP contribution in [0.25, 0.3) is 0 Å². The van der Waals surface area contributed by atoms with Gasteiger partial charge in [-0.05, 0) is 49.3 Å². The van der Waals surface area contributed by atoms with Crippen molar-refractivity contribution in [3.63, 3.8) is 0 Å². The van der Waals surface area contributed by atoms with Crippen molar-refractivity contribution < 1.29 is 4.74 Å². The molecule has 3 rings (SSSR count). The summed E-state index contributed by atoms with van der Waals surface area (Å²) in [6, 6.07) is 8.25. The number of hydrogen-bond donors (Lipinski definition) is 1. The maximum Gasteiger partial charge on any atom is 0.0599 e. The summed E-state index contributed by atoms with van der Waals surface area (Å²) in [6.45, 7) is 4.30. The third kappa shape index (κ3) is 5.15. The maximum atomic E-state index is 6.14. The van der Waals surface area contributed by atoms with Crippen LogP contribution in [0.4, 0.5) is 5.69 Å². The number of ether oxygens (including phenoxy) is 1. The van der Waals surface area contributed by atoms with Gasteiger partial charge >= 0.3 is 0 Å². The van der Waals surface area contributed by atoms with Crippen LogP contribution in [0.15, 0.2) is 24.3 Å². The molecule has 1 saturated heterocycles. The van der Waals surface area contributed by atoms with E-state index in [1.54, 1.807) is 0 Å². The third-order valence-corrected chi connectivity index (χ3v) is 4.93. The molecule has 1 aliphatic heterocycles. The summed E-state index contributed by atoms with van der Waals surface area (Å²) in [6.07, 6.45) is 8.43. The fourth-order valence-corrected chi connectivity index (χ4v) is 3.63. The van der Waals surface area contributed by atoms with Crippen LogP contribution >= 0.6 is 12.4 Å². The molecule has 1 aromatic rings. The monoisotopic (exact) mass is 324 g/mol. The molecule has 2 N–H and O–H groups in total. The van der Waals surface area contributed by atoms with Crippen LogP contribution in [-0.2, 0) is 11.3 Å². The van der Waals surface area contributed by atoms with E-state index in [1.807, 2.05) is 12.1 Å². The SMILES string of the molecule is Cl.Nc1cccc(CN2CCC(OCC3CCCC3)CC2)c1. The van der Waals surface area contributed by atoms with Crippen molar-refractivity contribution in [3.8, 4) is 0 Å². The number of nitrogen functional groups attached to an aromatic ring is 1. The van der Waals surface area contributed by atoms with Gasteiger partial charge in [-0.25, -0.2) is 0 Å². The van der Waals surface area contributed by atoms with Gasteiger partial charge in [0.1, 0.15) is 0 Å². The van der Waals surface area contributed by atoms with Gasteiger partial charge in [-0.2, -0.15) is 0 Å². The lowest BCUT2D eigenvalue weighted by Crippen LogP contribution is -2.37. The number of likely N-dealkylation sites (tertiary alicyclic amines) is 1. The number of halogens is 1. The van der Waals surface area contributed by atoms with E-state index in [4.69, 9.17) is 10.5 Å². The minimum absolute atomic E-state index is 0. The summed E-state index contributed by atoms with van der Waals surface area (Å²) in [4.78, 5) is 2.52. The highest BCUT2D eigenvalue weighted by atomic mass is 35.5. The van der Waals surface area contributed by atoms with E-state index in [0.29, 0.717) is 6.10 Å². The van der Waals surface area contributed by atoms with Crippen molar-refractivity contribution in [2.24, 2.45) is 5.92 Å². The number of piperidine rings is 1. The molecule has 0 amide bonds. The molecule has 0 atom stereocenters. The Kier molecular flexibility index (Phi) is 7.00. The van der Waals surface area contributed by atoms with E-state index in [2.05, 4.69) is 17.0 Å². The first kappa shape index (κ1) is 17.6. The molecule has 4 heteroatoms. The number of anilines is 1.